The Labute approximate surface area is 222 Å². The van der Waals surface area contributed by atoms with Gasteiger partial charge in [-0.1, -0.05) is 71.7 Å². The second-order valence-corrected chi connectivity index (χ2v) is 9.75. The molecule has 180 valence electrons. The van der Waals surface area contributed by atoms with Crippen molar-refractivity contribution in [1.29, 1.82) is 0 Å². The highest BCUT2D eigenvalue weighted by Crippen LogP contribution is 2.35. The van der Waals surface area contributed by atoms with E-state index in [1.54, 1.807) is 31.4 Å². The number of hydrogen-bond donors (Lipinski definition) is 1. The Hall–Kier alpha value is -3.45. The Bertz CT molecular complexity index is 1530. The number of methoxy groups -OCH3 is 1. The molecule has 4 aromatic rings. The molecule has 1 aliphatic heterocycles. The van der Waals surface area contributed by atoms with Crippen molar-refractivity contribution in [1.82, 2.24) is 5.32 Å². The molecule has 1 heterocycles. The Morgan fingerprint density at radius 3 is 2.61 bits per heavy atom. The monoisotopic (exact) mass is 534 g/mol. The molecule has 1 fully saturated rings. The summed E-state index contributed by atoms with van der Waals surface area (Å²) >= 11 is 13.5. The average Bonchev–Trinajstić information content (AvgIpc) is 3.23. The molecular formula is C28H20Cl2N2O3S. The van der Waals surface area contributed by atoms with Crippen LogP contribution in [0.2, 0.25) is 10.0 Å². The van der Waals surface area contributed by atoms with Crippen molar-refractivity contribution in [3.8, 4) is 11.5 Å². The number of benzene rings is 4. The number of thioether (sulfide) groups is 1. The van der Waals surface area contributed by atoms with Crippen LogP contribution in [0.4, 0.5) is 5.69 Å². The third-order valence-electron chi connectivity index (χ3n) is 5.50. The van der Waals surface area contributed by atoms with Crippen LogP contribution in [-0.2, 0) is 11.4 Å². The van der Waals surface area contributed by atoms with Crippen LogP contribution in [0.1, 0.15) is 11.1 Å². The van der Waals surface area contributed by atoms with Gasteiger partial charge >= 0.3 is 0 Å². The molecule has 0 aliphatic carbocycles. The quantitative estimate of drug-likeness (QED) is 0.258. The third-order valence-corrected chi connectivity index (χ3v) is 7.22. The summed E-state index contributed by atoms with van der Waals surface area (Å²) in [5.41, 5.74) is 2.35. The zero-order valence-electron chi connectivity index (χ0n) is 19.1. The van der Waals surface area contributed by atoms with E-state index < -0.39 is 0 Å². The molecule has 1 aliphatic rings. The number of amides is 1. The fourth-order valence-electron chi connectivity index (χ4n) is 3.70. The lowest BCUT2D eigenvalue weighted by Gasteiger charge is -2.12. The fourth-order valence-corrected chi connectivity index (χ4v) is 4.88. The summed E-state index contributed by atoms with van der Waals surface area (Å²) in [6, 6.07) is 25.2. The normalized spacial score (nSPS) is 15.5. The van der Waals surface area contributed by atoms with Gasteiger partial charge in [-0.2, -0.15) is 0 Å². The maximum Gasteiger partial charge on any atom is 0.264 e. The topological polar surface area (TPSA) is 59.9 Å². The van der Waals surface area contributed by atoms with E-state index in [0.29, 0.717) is 43.9 Å². The van der Waals surface area contributed by atoms with Gasteiger partial charge in [-0.15, -0.1) is 0 Å². The molecule has 0 saturated carbocycles. The first-order valence-electron chi connectivity index (χ1n) is 11.0. The molecule has 5 rings (SSSR count). The SMILES string of the molecule is COc1cc(/C=C2/SC(=Nc3cccc(Cl)c3Cl)NC2=O)ccc1OCc1ccc2ccccc2c1. The Morgan fingerprint density at radius 2 is 1.78 bits per heavy atom. The summed E-state index contributed by atoms with van der Waals surface area (Å²) in [5.74, 6) is 0.954. The second kappa shape index (κ2) is 10.7. The van der Waals surface area contributed by atoms with Crippen LogP contribution in [0, 0.1) is 0 Å². The minimum absolute atomic E-state index is 0.243. The molecule has 0 unspecified atom stereocenters. The van der Waals surface area contributed by atoms with E-state index >= 15 is 0 Å². The van der Waals surface area contributed by atoms with Gasteiger partial charge in [0, 0.05) is 0 Å². The molecule has 5 nitrogen and oxygen atoms in total. The van der Waals surface area contributed by atoms with E-state index in [1.807, 2.05) is 30.3 Å². The van der Waals surface area contributed by atoms with Crippen LogP contribution in [0.15, 0.2) is 88.8 Å². The number of rotatable bonds is 6. The van der Waals surface area contributed by atoms with Crippen LogP contribution < -0.4 is 14.8 Å². The lowest BCUT2D eigenvalue weighted by Crippen LogP contribution is -2.19. The van der Waals surface area contributed by atoms with Gasteiger partial charge in [0.1, 0.15) is 6.61 Å². The van der Waals surface area contributed by atoms with Gasteiger partial charge in [-0.25, -0.2) is 4.99 Å². The number of halogens is 2. The standard InChI is InChI=1S/C28H20Cl2N2O3S/c1-34-24-14-17(10-12-23(24)35-16-18-9-11-19-5-2-3-6-20(19)13-18)15-25-27(33)32-28(36-25)31-22-8-4-7-21(29)26(22)30/h2-15H,16H2,1H3,(H,31,32,33)/b25-15+. The molecule has 0 radical (unpaired) electrons. The Kier molecular flexibility index (Phi) is 7.18. The van der Waals surface area contributed by atoms with E-state index in [1.165, 1.54) is 22.5 Å². The number of aliphatic imine (C=N–C) groups is 1. The van der Waals surface area contributed by atoms with Crippen molar-refractivity contribution in [2.24, 2.45) is 4.99 Å². The first-order chi connectivity index (χ1) is 17.5. The second-order valence-electron chi connectivity index (χ2n) is 7.94. The molecule has 36 heavy (non-hydrogen) atoms. The number of nitrogens with one attached hydrogen (secondary N) is 1. The maximum absolute atomic E-state index is 12.5. The molecular weight excluding hydrogens is 515 g/mol. The largest absolute Gasteiger partial charge is 0.493 e. The van der Waals surface area contributed by atoms with Gasteiger partial charge in [0.05, 0.1) is 27.7 Å². The molecule has 8 heteroatoms. The van der Waals surface area contributed by atoms with Crippen LogP contribution in [-0.4, -0.2) is 18.2 Å². The number of amidine groups is 1. The van der Waals surface area contributed by atoms with Crippen molar-refractivity contribution in [2.45, 2.75) is 6.61 Å². The molecule has 0 bridgehead atoms. The predicted molar refractivity (Wildman–Crippen MR) is 149 cm³/mol. The number of carbonyl (C=O) groups excluding carboxylic acids is 1. The fraction of sp³-hybridized carbons (Fsp3) is 0.0714. The zero-order valence-corrected chi connectivity index (χ0v) is 21.5. The first-order valence-corrected chi connectivity index (χ1v) is 12.6. The molecule has 1 saturated heterocycles. The van der Waals surface area contributed by atoms with Crippen molar-refractivity contribution in [3.63, 3.8) is 0 Å². The van der Waals surface area contributed by atoms with Crippen molar-refractivity contribution >= 4 is 68.6 Å². The van der Waals surface area contributed by atoms with Crippen molar-refractivity contribution < 1.29 is 14.3 Å². The number of nitrogens with zero attached hydrogens (tertiary/aromatic N) is 1. The Morgan fingerprint density at radius 1 is 0.944 bits per heavy atom. The minimum Gasteiger partial charge on any atom is -0.493 e. The molecule has 4 aromatic carbocycles. The summed E-state index contributed by atoms with van der Waals surface area (Å²) in [6.07, 6.45) is 1.78. The number of hydrogen-bond acceptors (Lipinski definition) is 5. The molecule has 1 amide bonds. The van der Waals surface area contributed by atoms with Gasteiger partial charge in [0.25, 0.3) is 5.91 Å². The average molecular weight is 535 g/mol. The van der Waals surface area contributed by atoms with E-state index in [-0.39, 0.29) is 5.91 Å². The molecule has 0 aromatic heterocycles. The van der Waals surface area contributed by atoms with Gasteiger partial charge < -0.3 is 14.8 Å². The lowest BCUT2D eigenvalue weighted by molar-refractivity contribution is -0.115. The summed E-state index contributed by atoms with van der Waals surface area (Å²) in [4.78, 5) is 17.4. The lowest BCUT2D eigenvalue weighted by atomic mass is 10.1. The summed E-state index contributed by atoms with van der Waals surface area (Å²) < 4.78 is 11.6. The van der Waals surface area contributed by atoms with E-state index in [9.17, 15) is 4.79 Å². The van der Waals surface area contributed by atoms with Gasteiger partial charge in [-0.05, 0) is 70.1 Å². The van der Waals surface area contributed by atoms with Gasteiger partial charge in [0.15, 0.2) is 16.7 Å². The van der Waals surface area contributed by atoms with E-state index in [4.69, 9.17) is 32.7 Å². The van der Waals surface area contributed by atoms with E-state index in [2.05, 4.69) is 40.6 Å². The summed E-state index contributed by atoms with van der Waals surface area (Å²) in [7, 11) is 1.59. The summed E-state index contributed by atoms with van der Waals surface area (Å²) in [5, 5.41) is 6.28. The smallest absolute Gasteiger partial charge is 0.264 e. The minimum atomic E-state index is -0.243. The van der Waals surface area contributed by atoms with Crippen molar-refractivity contribution in [3.05, 3.63) is 105 Å². The predicted octanol–water partition coefficient (Wildman–Crippen LogP) is 7.63. The first kappa shape index (κ1) is 24.3. The third kappa shape index (κ3) is 5.36. The maximum atomic E-state index is 12.5. The van der Waals surface area contributed by atoms with Crippen LogP contribution in [0.3, 0.4) is 0 Å². The summed E-state index contributed by atoms with van der Waals surface area (Å²) in [6.45, 7) is 0.409. The van der Waals surface area contributed by atoms with Gasteiger partial charge in [-0.3, -0.25) is 4.79 Å². The van der Waals surface area contributed by atoms with Crippen LogP contribution in [0.25, 0.3) is 16.8 Å². The highest BCUT2D eigenvalue weighted by Gasteiger charge is 2.24. The molecule has 0 atom stereocenters. The molecule has 0 spiro atoms. The number of carbonyl (C=O) groups is 1. The highest BCUT2D eigenvalue weighted by atomic mass is 35.5. The zero-order chi connectivity index (χ0) is 25.1. The molecule has 1 N–H and O–H groups in total. The Balaban J connectivity index is 1.31. The van der Waals surface area contributed by atoms with Crippen LogP contribution >= 0.6 is 35.0 Å². The number of fused-ring (bicyclic) bond motifs is 1. The van der Waals surface area contributed by atoms with Crippen LogP contribution in [0.5, 0.6) is 11.5 Å². The number of ether oxygens (including phenoxy) is 2. The highest BCUT2D eigenvalue weighted by molar-refractivity contribution is 8.18. The van der Waals surface area contributed by atoms with Gasteiger partial charge in [0.2, 0.25) is 0 Å². The van der Waals surface area contributed by atoms with E-state index in [0.717, 1.165) is 11.1 Å². The van der Waals surface area contributed by atoms with Crippen molar-refractivity contribution in [2.75, 3.05) is 7.11 Å².